The van der Waals surface area contributed by atoms with Crippen LogP contribution in [0.25, 0.3) is 5.65 Å². The molecule has 0 aromatic carbocycles. The molecule has 0 fully saturated rings. The highest BCUT2D eigenvalue weighted by molar-refractivity contribution is 6.30. The number of anilines is 1. The zero-order valence-corrected chi connectivity index (χ0v) is 12.1. The molecule has 0 aliphatic rings. The molecule has 0 saturated carbocycles. The summed E-state index contributed by atoms with van der Waals surface area (Å²) in [6.07, 6.45) is 5.67. The third-order valence-corrected chi connectivity index (χ3v) is 3.36. The molecule has 3 aromatic rings. The fraction of sp³-hybridized carbons (Fsp3) is 0.133. The molecule has 0 aliphatic carbocycles. The van der Waals surface area contributed by atoms with Gasteiger partial charge in [0.05, 0.1) is 17.6 Å². The van der Waals surface area contributed by atoms with Gasteiger partial charge >= 0.3 is 0 Å². The molecular formula is C15H13ClN4O. The number of carbonyl (C=O) groups is 1. The first-order chi connectivity index (χ1) is 10.2. The fourth-order valence-electron chi connectivity index (χ4n) is 2.18. The predicted octanol–water partition coefficient (Wildman–Crippen LogP) is 3.20. The minimum atomic E-state index is -0.213. The molecule has 21 heavy (non-hydrogen) atoms. The second kappa shape index (κ2) is 5.54. The number of imidazole rings is 1. The van der Waals surface area contributed by atoms with Crippen LogP contribution in [-0.2, 0) is 6.42 Å². The first-order valence-corrected chi connectivity index (χ1v) is 6.94. The maximum atomic E-state index is 12.5. The van der Waals surface area contributed by atoms with Gasteiger partial charge in [0.1, 0.15) is 11.3 Å². The quantitative estimate of drug-likeness (QED) is 0.808. The third-order valence-electron chi connectivity index (χ3n) is 3.13. The van der Waals surface area contributed by atoms with Gasteiger partial charge in [0.2, 0.25) is 0 Å². The average Bonchev–Trinajstić information content (AvgIpc) is 2.85. The van der Waals surface area contributed by atoms with Gasteiger partial charge in [-0.15, -0.1) is 0 Å². The van der Waals surface area contributed by atoms with Crippen molar-refractivity contribution >= 4 is 28.8 Å². The van der Waals surface area contributed by atoms with Gasteiger partial charge in [-0.05, 0) is 24.6 Å². The number of fused-ring (bicyclic) bond motifs is 1. The molecule has 6 heteroatoms. The number of nitrogens with one attached hydrogen (secondary N) is 1. The Labute approximate surface area is 126 Å². The van der Waals surface area contributed by atoms with Crippen LogP contribution in [0.1, 0.15) is 23.1 Å². The smallest absolute Gasteiger partial charge is 0.274 e. The Balaban J connectivity index is 2.04. The van der Waals surface area contributed by atoms with Crippen LogP contribution in [0.4, 0.5) is 5.69 Å². The van der Waals surface area contributed by atoms with Crippen molar-refractivity contribution in [3.63, 3.8) is 0 Å². The van der Waals surface area contributed by atoms with Gasteiger partial charge in [0, 0.05) is 23.5 Å². The van der Waals surface area contributed by atoms with E-state index in [1.165, 1.54) is 0 Å². The number of aryl methyl sites for hydroxylation is 1. The van der Waals surface area contributed by atoms with Gasteiger partial charge in [-0.3, -0.25) is 14.2 Å². The van der Waals surface area contributed by atoms with E-state index in [1.807, 2.05) is 6.92 Å². The van der Waals surface area contributed by atoms with Gasteiger partial charge in [-0.2, -0.15) is 0 Å². The highest BCUT2D eigenvalue weighted by atomic mass is 35.5. The number of aromatic nitrogens is 3. The zero-order valence-electron chi connectivity index (χ0n) is 11.4. The average molecular weight is 301 g/mol. The monoisotopic (exact) mass is 300 g/mol. The van der Waals surface area contributed by atoms with E-state index in [-0.39, 0.29) is 5.91 Å². The lowest BCUT2D eigenvalue weighted by Gasteiger charge is -2.06. The molecule has 0 spiro atoms. The SMILES string of the molecule is CCc1nc2cc(Cl)ccn2c1C(=O)Nc1cccnc1. The molecule has 0 atom stereocenters. The van der Waals surface area contributed by atoms with E-state index in [1.54, 1.807) is 47.3 Å². The van der Waals surface area contributed by atoms with Crippen molar-refractivity contribution in [3.05, 3.63) is 59.3 Å². The Morgan fingerprint density at radius 2 is 2.29 bits per heavy atom. The van der Waals surface area contributed by atoms with Crippen molar-refractivity contribution in [1.29, 1.82) is 0 Å². The zero-order chi connectivity index (χ0) is 14.8. The number of hydrogen-bond donors (Lipinski definition) is 1. The van der Waals surface area contributed by atoms with Crippen molar-refractivity contribution < 1.29 is 4.79 Å². The van der Waals surface area contributed by atoms with Crippen LogP contribution in [0.15, 0.2) is 42.9 Å². The van der Waals surface area contributed by atoms with Gasteiger partial charge in [0.15, 0.2) is 0 Å². The molecule has 0 saturated heterocycles. The van der Waals surface area contributed by atoms with Crippen molar-refractivity contribution in [2.75, 3.05) is 5.32 Å². The number of amides is 1. The summed E-state index contributed by atoms with van der Waals surface area (Å²) < 4.78 is 1.75. The lowest BCUT2D eigenvalue weighted by Crippen LogP contribution is -2.16. The van der Waals surface area contributed by atoms with Crippen LogP contribution >= 0.6 is 11.6 Å². The molecule has 106 valence electrons. The Kier molecular flexibility index (Phi) is 3.58. The van der Waals surface area contributed by atoms with Gasteiger partial charge in [0.25, 0.3) is 5.91 Å². The van der Waals surface area contributed by atoms with Crippen LogP contribution in [0.3, 0.4) is 0 Å². The van der Waals surface area contributed by atoms with Crippen molar-refractivity contribution in [3.8, 4) is 0 Å². The number of halogens is 1. The second-order valence-electron chi connectivity index (χ2n) is 4.53. The summed E-state index contributed by atoms with van der Waals surface area (Å²) in [5, 5.41) is 3.42. The van der Waals surface area contributed by atoms with Crippen molar-refractivity contribution in [2.24, 2.45) is 0 Å². The van der Waals surface area contributed by atoms with Crippen molar-refractivity contribution in [2.45, 2.75) is 13.3 Å². The summed E-state index contributed by atoms with van der Waals surface area (Å²) in [4.78, 5) is 21.0. The molecule has 5 nitrogen and oxygen atoms in total. The molecule has 3 heterocycles. The third kappa shape index (κ3) is 2.60. The van der Waals surface area contributed by atoms with Gasteiger partial charge in [-0.25, -0.2) is 4.98 Å². The van der Waals surface area contributed by atoms with Gasteiger partial charge in [-0.1, -0.05) is 18.5 Å². The number of hydrogen-bond acceptors (Lipinski definition) is 3. The molecule has 3 rings (SSSR count). The normalized spacial score (nSPS) is 10.8. The van der Waals surface area contributed by atoms with E-state index in [4.69, 9.17) is 11.6 Å². The van der Waals surface area contributed by atoms with Gasteiger partial charge < -0.3 is 5.32 Å². The lowest BCUT2D eigenvalue weighted by molar-refractivity contribution is 0.102. The summed E-state index contributed by atoms with van der Waals surface area (Å²) in [5.41, 5.74) is 2.57. The topological polar surface area (TPSA) is 59.3 Å². The highest BCUT2D eigenvalue weighted by Gasteiger charge is 2.18. The molecule has 0 unspecified atom stereocenters. The maximum absolute atomic E-state index is 12.5. The Hall–Kier alpha value is -2.40. The molecule has 3 aromatic heterocycles. The molecule has 0 radical (unpaired) electrons. The molecule has 1 amide bonds. The molecule has 1 N–H and O–H groups in total. The first-order valence-electron chi connectivity index (χ1n) is 6.57. The van der Waals surface area contributed by atoms with Crippen LogP contribution in [-0.4, -0.2) is 20.3 Å². The van der Waals surface area contributed by atoms with Crippen molar-refractivity contribution in [1.82, 2.24) is 14.4 Å². The number of pyridine rings is 2. The summed E-state index contributed by atoms with van der Waals surface area (Å²) >= 11 is 5.97. The van der Waals surface area contributed by atoms with Crippen LogP contribution in [0.5, 0.6) is 0 Å². The highest BCUT2D eigenvalue weighted by Crippen LogP contribution is 2.18. The van der Waals surface area contributed by atoms with Crippen LogP contribution in [0, 0.1) is 0 Å². The minimum Gasteiger partial charge on any atom is -0.319 e. The largest absolute Gasteiger partial charge is 0.319 e. The first kappa shape index (κ1) is 13.6. The Morgan fingerprint density at radius 3 is 3.00 bits per heavy atom. The second-order valence-corrected chi connectivity index (χ2v) is 4.97. The predicted molar refractivity (Wildman–Crippen MR) is 81.8 cm³/mol. The summed E-state index contributed by atoms with van der Waals surface area (Å²) in [6.45, 7) is 1.96. The fourth-order valence-corrected chi connectivity index (χ4v) is 2.34. The molecule has 0 aliphatic heterocycles. The number of nitrogens with zero attached hydrogens (tertiary/aromatic N) is 3. The van der Waals surface area contributed by atoms with Crippen LogP contribution < -0.4 is 5.32 Å². The van der Waals surface area contributed by atoms with E-state index in [2.05, 4.69) is 15.3 Å². The standard InChI is InChI=1S/C15H13ClN4O/c1-2-12-14(15(21)18-11-4-3-6-17-9-11)20-7-5-10(16)8-13(20)19-12/h3-9H,2H2,1H3,(H,18,21). The summed E-state index contributed by atoms with van der Waals surface area (Å²) in [7, 11) is 0. The number of carbonyl (C=O) groups excluding carboxylic acids is 1. The maximum Gasteiger partial charge on any atom is 0.274 e. The van der Waals surface area contributed by atoms with E-state index in [0.29, 0.717) is 28.5 Å². The van der Waals surface area contributed by atoms with E-state index in [9.17, 15) is 4.79 Å². The minimum absolute atomic E-state index is 0.213. The molecular weight excluding hydrogens is 288 g/mol. The van der Waals surface area contributed by atoms with Crippen LogP contribution in [0.2, 0.25) is 5.02 Å². The summed E-state index contributed by atoms with van der Waals surface area (Å²) in [6, 6.07) is 7.03. The lowest BCUT2D eigenvalue weighted by atomic mass is 10.2. The Bertz CT molecular complexity index is 798. The number of rotatable bonds is 3. The summed E-state index contributed by atoms with van der Waals surface area (Å²) in [5.74, 6) is -0.213. The Morgan fingerprint density at radius 1 is 1.43 bits per heavy atom. The van der Waals surface area contributed by atoms with E-state index >= 15 is 0 Å². The van der Waals surface area contributed by atoms with E-state index < -0.39 is 0 Å². The van der Waals surface area contributed by atoms with E-state index in [0.717, 1.165) is 5.69 Å². The molecule has 0 bridgehead atoms.